The van der Waals surface area contributed by atoms with Crippen molar-refractivity contribution >= 4 is 0 Å². The lowest BCUT2D eigenvalue weighted by Gasteiger charge is -2.19. The normalized spacial score (nSPS) is 11.6. The molecule has 78 valence electrons. The Bertz CT molecular complexity index is 257. The molecule has 2 nitrogen and oxygen atoms in total. The van der Waals surface area contributed by atoms with Crippen LogP contribution in [0.5, 0.6) is 0 Å². The second-order valence-corrected chi connectivity index (χ2v) is 3.45. The highest BCUT2D eigenvalue weighted by atomic mass is 19.1. The summed E-state index contributed by atoms with van der Waals surface area (Å²) in [5, 5.41) is 17.5. The monoisotopic (exact) mass is 198 g/mol. The van der Waals surface area contributed by atoms with Gasteiger partial charge < -0.3 is 10.2 Å². The van der Waals surface area contributed by atoms with E-state index in [1.54, 1.807) is 0 Å². The summed E-state index contributed by atoms with van der Waals surface area (Å²) in [5.41, 5.74) is -0.841. The summed E-state index contributed by atoms with van der Waals surface area (Å²) < 4.78 is 13.4. The highest BCUT2D eigenvalue weighted by molar-refractivity contribution is 5.15. The molecule has 0 heterocycles. The molecule has 0 bridgehead atoms. The first-order chi connectivity index (χ1) is 6.70. The quantitative estimate of drug-likeness (QED) is 0.749. The Labute approximate surface area is 83.0 Å². The average molecular weight is 198 g/mol. The van der Waals surface area contributed by atoms with Gasteiger partial charge in [0.25, 0.3) is 0 Å². The Hall–Kier alpha value is -0.930. The number of alkyl halides is 1. The molecule has 0 amide bonds. The molecule has 0 aromatic heterocycles. The van der Waals surface area contributed by atoms with E-state index in [1.165, 1.54) is 0 Å². The zero-order valence-corrected chi connectivity index (χ0v) is 7.99. The maximum atomic E-state index is 13.4. The van der Waals surface area contributed by atoms with Crippen molar-refractivity contribution in [2.45, 2.75) is 18.5 Å². The van der Waals surface area contributed by atoms with Gasteiger partial charge >= 0.3 is 0 Å². The molecule has 0 aliphatic carbocycles. The molecule has 0 fully saturated rings. The molecule has 2 N–H and O–H groups in total. The Morgan fingerprint density at radius 2 is 1.64 bits per heavy atom. The summed E-state index contributed by atoms with van der Waals surface area (Å²) in [6, 6.07) is 9.45. The molecule has 0 saturated heterocycles. The van der Waals surface area contributed by atoms with E-state index in [1.807, 2.05) is 30.3 Å². The predicted octanol–water partition coefficient (Wildman–Crippen LogP) is 1.31. The first kappa shape index (κ1) is 11.1. The fourth-order valence-electron chi connectivity index (χ4n) is 1.22. The number of aryl methyl sites for hydroxylation is 1. The molecule has 0 unspecified atom stereocenters. The molecule has 0 atom stereocenters. The first-order valence-electron chi connectivity index (χ1n) is 4.65. The Kier molecular flexibility index (Phi) is 4.04. The minimum Gasteiger partial charge on any atom is -0.393 e. The Morgan fingerprint density at radius 1 is 1.07 bits per heavy atom. The van der Waals surface area contributed by atoms with Crippen LogP contribution in [0.3, 0.4) is 0 Å². The van der Waals surface area contributed by atoms with Gasteiger partial charge in [-0.15, -0.1) is 0 Å². The number of halogens is 1. The maximum Gasteiger partial charge on any atom is 0.157 e. The number of aliphatic hydroxyl groups is 2. The van der Waals surface area contributed by atoms with Crippen LogP contribution < -0.4 is 0 Å². The van der Waals surface area contributed by atoms with E-state index in [4.69, 9.17) is 10.2 Å². The van der Waals surface area contributed by atoms with Crippen molar-refractivity contribution in [2.24, 2.45) is 0 Å². The maximum absolute atomic E-state index is 13.4. The van der Waals surface area contributed by atoms with Gasteiger partial charge in [0, 0.05) is 0 Å². The van der Waals surface area contributed by atoms with Crippen LogP contribution in [0.1, 0.15) is 12.0 Å². The molecule has 0 aliphatic heterocycles. The van der Waals surface area contributed by atoms with E-state index in [9.17, 15) is 4.39 Å². The lowest BCUT2D eigenvalue weighted by Crippen LogP contribution is -2.32. The molecule has 14 heavy (non-hydrogen) atoms. The molecule has 1 aromatic rings. The summed E-state index contributed by atoms with van der Waals surface area (Å²) in [4.78, 5) is 0. The highest BCUT2D eigenvalue weighted by Gasteiger charge is 2.27. The van der Waals surface area contributed by atoms with Gasteiger partial charge in [-0.1, -0.05) is 30.3 Å². The van der Waals surface area contributed by atoms with Gasteiger partial charge in [0.2, 0.25) is 0 Å². The van der Waals surface area contributed by atoms with Gasteiger partial charge in [0.05, 0.1) is 13.2 Å². The van der Waals surface area contributed by atoms with Crippen LogP contribution in [-0.2, 0) is 6.42 Å². The summed E-state index contributed by atoms with van der Waals surface area (Å²) >= 11 is 0. The van der Waals surface area contributed by atoms with Gasteiger partial charge in [-0.05, 0) is 18.4 Å². The van der Waals surface area contributed by atoms with Crippen LogP contribution in [0.2, 0.25) is 0 Å². The summed E-state index contributed by atoms with van der Waals surface area (Å²) in [5.74, 6) is 0. The molecule has 0 aliphatic rings. The minimum absolute atomic E-state index is 0.143. The molecular formula is C11H15FO2. The van der Waals surface area contributed by atoms with Crippen molar-refractivity contribution < 1.29 is 14.6 Å². The molecule has 0 saturated carbocycles. The van der Waals surface area contributed by atoms with E-state index in [0.29, 0.717) is 6.42 Å². The van der Waals surface area contributed by atoms with Crippen molar-refractivity contribution in [3.8, 4) is 0 Å². The van der Waals surface area contributed by atoms with Crippen molar-refractivity contribution in [3.63, 3.8) is 0 Å². The highest BCUT2D eigenvalue weighted by Crippen LogP contribution is 2.17. The van der Waals surface area contributed by atoms with Crippen LogP contribution >= 0.6 is 0 Å². The number of benzene rings is 1. The van der Waals surface area contributed by atoms with Crippen LogP contribution in [0, 0.1) is 0 Å². The standard InChI is InChI=1S/C11H15FO2/c12-11(8-13,9-14)7-6-10-4-2-1-3-5-10/h1-5,13-14H,6-9H2. The molecule has 0 radical (unpaired) electrons. The fraction of sp³-hybridized carbons (Fsp3) is 0.455. The van der Waals surface area contributed by atoms with Gasteiger partial charge in [0.1, 0.15) is 0 Å². The summed E-state index contributed by atoms with van der Waals surface area (Å²) in [6.45, 7) is -1.26. The van der Waals surface area contributed by atoms with E-state index >= 15 is 0 Å². The fourth-order valence-corrected chi connectivity index (χ4v) is 1.22. The van der Waals surface area contributed by atoms with E-state index in [-0.39, 0.29) is 6.42 Å². The topological polar surface area (TPSA) is 40.5 Å². The van der Waals surface area contributed by atoms with Crippen LogP contribution in [0.15, 0.2) is 30.3 Å². The van der Waals surface area contributed by atoms with Crippen molar-refractivity contribution in [2.75, 3.05) is 13.2 Å². The number of rotatable bonds is 5. The lowest BCUT2D eigenvalue weighted by atomic mass is 9.98. The molecule has 1 rings (SSSR count). The third-order valence-corrected chi connectivity index (χ3v) is 2.27. The van der Waals surface area contributed by atoms with Crippen molar-refractivity contribution in [3.05, 3.63) is 35.9 Å². The zero-order chi connectivity index (χ0) is 10.4. The van der Waals surface area contributed by atoms with Crippen molar-refractivity contribution in [1.82, 2.24) is 0 Å². The van der Waals surface area contributed by atoms with Crippen LogP contribution in [0.4, 0.5) is 4.39 Å². The molecule has 0 spiro atoms. The summed E-state index contributed by atoms with van der Waals surface area (Å²) in [6.07, 6.45) is 0.669. The predicted molar refractivity (Wildman–Crippen MR) is 52.8 cm³/mol. The molecule has 1 aromatic carbocycles. The van der Waals surface area contributed by atoms with Gasteiger partial charge in [-0.25, -0.2) is 4.39 Å². The third-order valence-electron chi connectivity index (χ3n) is 2.27. The smallest absolute Gasteiger partial charge is 0.157 e. The van der Waals surface area contributed by atoms with Crippen LogP contribution in [0.25, 0.3) is 0 Å². The largest absolute Gasteiger partial charge is 0.393 e. The SMILES string of the molecule is OCC(F)(CO)CCc1ccccc1. The third kappa shape index (κ3) is 3.09. The summed E-state index contributed by atoms with van der Waals surface area (Å²) in [7, 11) is 0. The molecule has 3 heteroatoms. The zero-order valence-electron chi connectivity index (χ0n) is 7.99. The minimum atomic E-state index is -1.85. The lowest BCUT2D eigenvalue weighted by molar-refractivity contribution is 0.00999. The van der Waals surface area contributed by atoms with Crippen molar-refractivity contribution in [1.29, 1.82) is 0 Å². The molecular weight excluding hydrogens is 183 g/mol. The van der Waals surface area contributed by atoms with Gasteiger partial charge in [-0.2, -0.15) is 0 Å². The Balaban J connectivity index is 2.48. The van der Waals surface area contributed by atoms with Gasteiger partial charge in [0.15, 0.2) is 5.67 Å². The second kappa shape index (κ2) is 5.08. The second-order valence-electron chi connectivity index (χ2n) is 3.45. The average Bonchev–Trinajstić information content (AvgIpc) is 2.27. The number of hydrogen-bond donors (Lipinski definition) is 2. The van der Waals surface area contributed by atoms with E-state index in [2.05, 4.69) is 0 Å². The van der Waals surface area contributed by atoms with Crippen LogP contribution in [-0.4, -0.2) is 29.1 Å². The number of hydrogen-bond acceptors (Lipinski definition) is 2. The first-order valence-corrected chi connectivity index (χ1v) is 4.65. The van der Waals surface area contributed by atoms with Gasteiger partial charge in [-0.3, -0.25) is 0 Å². The Morgan fingerprint density at radius 3 is 2.14 bits per heavy atom. The van der Waals surface area contributed by atoms with E-state index < -0.39 is 18.9 Å². The number of aliphatic hydroxyl groups excluding tert-OH is 2. The van der Waals surface area contributed by atoms with E-state index in [0.717, 1.165) is 5.56 Å².